The Bertz CT molecular complexity index is 377. The highest BCUT2D eigenvalue weighted by atomic mass is 16.3. The zero-order valence-corrected chi connectivity index (χ0v) is 11.6. The van der Waals surface area contributed by atoms with E-state index >= 15 is 0 Å². The Morgan fingerprint density at radius 3 is 3.00 bits per heavy atom. The molecule has 0 aliphatic carbocycles. The van der Waals surface area contributed by atoms with E-state index in [0.717, 1.165) is 24.6 Å². The molecule has 2 rings (SSSR count). The molecule has 100 valence electrons. The maximum Gasteiger partial charge on any atom is 0.0802 e. The first-order valence-electron chi connectivity index (χ1n) is 7.19. The minimum absolute atomic E-state index is 0.317. The number of aryl methyl sites for hydroxylation is 1. The highest BCUT2D eigenvalue weighted by Crippen LogP contribution is 2.23. The molecule has 18 heavy (non-hydrogen) atoms. The first-order chi connectivity index (χ1) is 8.70. The molecule has 0 saturated carbocycles. The van der Waals surface area contributed by atoms with Crippen LogP contribution in [0.15, 0.2) is 24.3 Å². The molecular weight excluding hydrogens is 222 g/mol. The van der Waals surface area contributed by atoms with Gasteiger partial charge in [0.05, 0.1) is 6.10 Å². The lowest BCUT2D eigenvalue weighted by atomic mass is 10.0. The van der Waals surface area contributed by atoms with E-state index in [0.29, 0.717) is 0 Å². The average molecular weight is 247 g/mol. The average Bonchev–Trinajstić information content (AvgIpc) is 2.83. The molecule has 0 bridgehead atoms. The van der Waals surface area contributed by atoms with Gasteiger partial charge < -0.3 is 10.0 Å². The molecule has 0 radical (unpaired) electrons. The van der Waals surface area contributed by atoms with Crippen molar-refractivity contribution in [1.29, 1.82) is 0 Å². The fraction of sp³-hybridized carbons (Fsp3) is 0.625. The SMILES string of the molecule is CCC1CCCN1CCC(O)c1cccc(C)c1. The molecule has 1 fully saturated rings. The highest BCUT2D eigenvalue weighted by Gasteiger charge is 2.23. The van der Waals surface area contributed by atoms with Crippen LogP contribution in [0.4, 0.5) is 0 Å². The van der Waals surface area contributed by atoms with E-state index in [2.05, 4.69) is 30.9 Å². The van der Waals surface area contributed by atoms with Crippen LogP contribution in [0.3, 0.4) is 0 Å². The van der Waals surface area contributed by atoms with Gasteiger partial charge in [0.1, 0.15) is 0 Å². The Morgan fingerprint density at radius 1 is 1.44 bits per heavy atom. The van der Waals surface area contributed by atoms with E-state index < -0.39 is 0 Å². The normalized spacial score (nSPS) is 22.3. The van der Waals surface area contributed by atoms with Crippen molar-refractivity contribution in [3.63, 3.8) is 0 Å². The molecule has 1 saturated heterocycles. The number of nitrogens with zero attached hydrogens (tertiary/aromatic N) is 1. The maximum atomic E-state index is 10.2. The third-order valence-electron chi connectivity index (χ3n) is 4.09. The van der Waals surface area contributed by atoms with Crippen LogP contribution < -0.4 is 0 Å². The molecule has 2 atom stereocenters. The molecule has 1 aliphatic heterocycles. The van der Waals surface area contributed by atoms with E-state index in [4.69, 9.17) is 0 Å². The fourth-order valence-electron chi connectivity index (χ4n) is 2.98. The lowest BCUT2D eigenvalue weighted by Crippen LogP contribution is -2.30. The predicted octanol–water partition coefficient (Wildman–Crippen LogP) is 3.29. The minimum Gasteiger partial charge on any atom is -0.388 e. The summed E-state index contributed by atoms with van der Waals surface area (Å²) in [5.74, 6) is 0. The summed E-state index contributed by atoms with van der Waals surface area (Å²) in [6, 6.07) is 8.96. The van der Waals surface area contributed by atoms with E-state index in [-0.39, 0.29) is 6.10 Å². The van der Waals surface area contributed by atoms with Crippen molar-refractivity contribution in [3.8, 4) is 0 Å². The van der Waals surface area contributed by atoms with Crippen molar-refractivity contribution < 1.29 is 5.11 Å². The smallest absolute Gasteiger partial charge is 0.0802 e. The van der Waals surface area contributed by atoms with Crippen molar-refractivity contribution in [3.05, 3.63) is 35.4 Å². The number of hydrogen-bond acceptors (Lipinski definition) is 2. The number of rotatable bonds is 5. The summed E-state index contributed by atoms with van der Waals surface area (Å²) < 4.78 is 0. The predicted molar refractivity (Wildman–Crippen MR) is 75.6 cm³/mol. The molecule has 2 unspecified atom stereocenters. The minimum atomic E-state index is -0.317. The molecule has 0 aromatic heterocycles. The number of likely N-dealkylation sites (tertiary alicyclic amines) is 1. The van der Waals surface area contributed by atoms with E-state index in [1.54, 1.807) is 0 Å². The Kier molecular flexibility index (Phi) is 4.79. The van der Waals surface area contributed by atoms with Gasteiger partial charge in [-0.15, -0.1) is 0 Å². The van der Waals surface area contributed by atoms with Gasteiger partial charge in [0.15, 0.2) is 0 Å². The van der Waals surface area contributed by atoms with E-state index in [1.807, 2.05) is 12.1 Å². The van der Waals surface area contributed by atoms with Crippen LogP contribution in [0.1, 0.15) is 49.8 Å². The van der Waals surface area contributed by atoms with Gasteiger partial charge in [0, 0.05) is 12.6 Å². The van der Waals surface area contributed by atoms with Crippen LogP contribution in [-0.4, -0.2) is 29.1 Å². The molecule has 2 heteroatoms. The number of benzene rings is 1. The van der Waals surface area contributed by atoms with Gasteiger partial charge >= 0.3 is 0 Å². The van der Waals surface area contributed by atoms with Gasteiger partial charge in [-0.2, -0.15) is 0 Å². The lowest BCUT2D eigenvalue weighted by Gasteiger charge is -2.24. The van der Waals surface area contributed by atoms with Gasteiger partial charge in [-0.25, -0.2) is 0 Å². The van der Waals surface area contributed by atoms with Crippen LogP contribution in [0.25, 0.3) is 0 Å². The third kappa shape index (κ3) is 3.33. The number of aliphatic hydroxyl groups is 1. The molecule has 1 aromatic rings. The fourth-order valence-corrected chi connectivity index (χ4v) is 2.98. The Morgan fingerprint density at radius 2 is 2.28 bits per heavy atom. The Labute approximate surface area is 111 Å². The molecular formula is C16H25NO. The Balaban J connectivity index is 1.86. The molecule has 1 aromatic carbocycles. The molecule has 0 amide bonds. The van der Waals surface area contributed by atoms with Crippen LogP contribution in [-0.2, 0) is 0 Å². The van der Waals surface area contributed by atoms with Crippen LogP contribution >= 0.6 is 0 Å². The van der Waals surface area contributed by atoms with Gasteiger partial charge in [-0.3, -0.25) is 0 Å². The van der Waals surface area contributed by atoms with Gasteiger partial charge in [0.25, 0.3) is 0 Å². The van der Waals surface area contributed by atoms with Gasteiger partial charge in [-0.05, 0) is 44.7 Å². The van der Waals surface area contributed by atoms with E-state index in [9.17, 15) is 5.11 Å². The number of aliphatic hydroxyl groups excluding tert-OH is 1. The monoisotopic (exact) mass is 247 g/mol. The van der Waals surface area contributed by atoms with Crippen LogP contribution in [0.2, 0.25) is 0 Å². The summed E-state index contributed by atoms with van der Waals surface area (Å²) in [7, 11) is 0. The van der Waals surface area contributed by atoms with Crippen LogP contribution in [0.5, 0.6) is 0 Å². The summed E-state index contributed by atoms with van der Waals surface area (Å²) in [4.78, 5) is 2.54. The lowest BCUT2D eigenvalue weighted by molar-refractivity contribution is 0.137. The van der Waals surface area contributed by atoms with Crippen molar-refractivity contribution >= 4 is 0 Å². The highest BCUT2D eigenvalue weighted by molar-refractivity contribution is 5.23. The molecule has 1 N–H and O–H groups in total. The summed E-state index contributed by atoms with van der Waals surface area (Å²) >= 11 is 0. The van der Waals surface area contributed by atoms with Crippen LogP contribution in [0, 0.1) is 6.92 Å². The summed E-state index contributed by atoms with van der Waals surface area (Å²) in [6.07, 6.45) is 4.42. The molecule has 1 aliphatic rings. The quantitative estimate of drug-likeness (QED) is 0.863. The molecule has 0 spiro atoms. The Hall–Kier alpha value is -0.860. The van der Waals surface area contributed by atoms with Crippen molar-refractivity contribution in [2.24, 2.45) is 0 Å². The first-order valence-corrected chi connectivity index (χ1v) is 7.19. The first kappa shape index (κ1) is 13.6. The summed E-state index contributed by atoms with van der Waals surface area (Å²) in [5.41, 5.74) is 2.28. The largest absolute Gasteiger partial charge is 0.388 e. The van der Waals surface area contributed by atoms with Crippen molar-refractivity contribution in [2.75, 3.05) is 13.1 Å². The number of hydrogen-bond donors (Lipinski definition) is 1. The topological polar surface area (TPSA) is 23.5 Å². The molecule has 1 heterocycles. The zero-order chi connectivity index (χ0) is 13.0. The van der Waals surface area contributed by atoms with Crippen molar-refractivity contribution in [2.45, 2.75) is 51.7 Å². The second kappa shape index (κ2) is 6.35. The zero-order valence-electron chi connectivity index (χ0n) is 11.6. The van der Waals surface area contributed by atoms with E-state index in [1.165, 1.54) is 31.4 Å². The standard InChI is InChI=1S/C16H25NO/c1-3-15-8-5-10-17(15)11-9-16(18)14-7-4-6-13(2)12-14/h4,6-7,12,15-16,18H,3,5,8-11H2,1-2H3. The summed E-state index contributed by atoms with van der Waals surface area (Å²) in [5, 5.41) is 10.2. The molecule has 2 nitrogen and oxygen atoms in total. The van der Waals surface area contributed by atoms with Gasteiger partial charge in [-0.1, -0.05) is 36.8 Å². The maximum absolute atomic E-state index is 10.2. The second-order valence-corrected chi connectivity index (χ2v) is 5.46. The third-order valence-corrected chi connectivity index (χ3v) is 4.09. The van der Waals surface area contributed by atoms with Crippen molar-refractivity contribution in [1.82, 2.24) is 4.90 Å². The van der Waals surface area contributed by atoms with Gasteiger partial charge in [0.2, 0.25) is 0 Å². The summed E-state index contributed by atoms with van der Waals surface area (Å²) in [6.45, 7) is 6.57. The second-order valence-electron chi connectivity index (χ2n) is 5.46.